The first-order valence-electron chi connectivity index (χ1n) is 5.53. The van der Waals surface area contributed by atoms with Gasteiger partial charge in [-0.3, -0.25) is 4.79 Å². The van der Waals surface area contributed by atoms with Crippen LogP contribution in [0.2, 0.25) is 0 Å². The van der Waals surface area contributed by atoms with Gasteiger partial charge in [0.2, 0.25) is 11.8 Å². The molecule has 114 valence electrons. The van der Waals surface area contributed by atoms with Crippen molar-refractivity contribution in [2.45, 2.75) is 32.1 Å². The van der Waals surface area contributed by atoms with E-state index in [2.05, 4.69) is 0 Å². The van der Waals surface area contributed by atoms with Gasteiger partial charge in [-0.1, -0.05) is 13.3 Å². The molecular formula is C10H14ClF6NO. The smallest absolute Gasteiger partial charge is 0.341 e. The molecule has 0 fully saturated rings. The summed E-state index contributed by atoms with van der Waals surface area (Å²) in [7, 11) is 0. The predicted octanol–water partition coefficient (Wildman–Crippen LogP) is 3.59. The van der Waals surface area contributed by atoms with Gasteiger partial charge < -0.3 is 4.90 Å². The first-order valence-corrected chi connectivity index (χ1v) is 6.07. The molecule has 0 radical (unpaired) electrons. The summed E-state index contributed by atoms with van der Waals surface area (Å²) in [5.74, 6) is -6.20. The molecule has 0 aromatic carbocycles. The molecule has 0 aliphatic carbocycles. The van der Waals surface area contributed by atoms with E-state index in [9.17, 15) is 31.1 Å². The third-order valence-corrected chi connectivity index (χ3v) is 2.52. The fourth-order valence-corrected chi connectivity index (χ4v) is 1.64. The molecule has 0 bridgehead atoms. The first kappa shape index (κ1) is 18.3. The highest BCUT2D eigenvalue weighted by Crippen LogP contribution is 2.40. The summed E-state index contributed by atoms with van der Waals surface area (Å²) in [6.45, 7) is 1.18. The molecule has 0 unspecified atom stereocenters. The second kappa shape index (κ2) is 7.21. The number of unbranched alkanes of at least 4 members (excludes halogenated alkanes) is 1. The van der Waals surface area contributed by atoms with Gasteiger partial charge in [0, 0.05) is 19.0 Å². The van der Waals surface area contributed by atoms with Crippen molar-refractivity contribution in [3.05, 3.63) is 0 Å². The minimum atomic E-state index is -5.66. The molecule has 0 spiro atoms. The van der Waals surface area contributed by atoms with E-state index in [0.29, 0.717) is 17.7 Å². The number of alkyl halides is 7. The maximum absolute atomic E-state index is 12.4. The highest BCUT2D eigenvalue weighted by atomic mass is 35.5. The molecule has 0 aliphatic rings. The Bertz CT molecular complexity index is 277. The van der Waals surface area contributed by atoms with Gasteiger partial charge in [0.1, 0.15) is 0 Å². The summed E-state index contributed by atoms with van der Waals surface area (Å²) >= 11 is 5.30. The molecular weight excluding hydrogens is 300 g/mol. The zero-order chi connectivity index (χ0) is 15.3. The lowest BCUT2D eigenvalue weighted by Gasteiger charge is -2.29. The van der Waals surface area contributed by atoms with E-state index >= 15 is 0 Å². The largest absolute Gasteiger partial charge is 0.409 e. The Morgan fingerprint density at radius 3 is 1.89 bits per heavy atom. The minimum Gasteiger partial charge on any atom is -0.341 e. The third kappa shape index (κ3) is 5.88. The fraction of sp³-hybridized carbons (Fsp3) is 0.900. The SMILES string of the molecule is CCCCN(CCCl)C(=O)C(C(F)(F)F)C(F)(F)F. The fourth-order valence-electron chi connectivity index (χ4n) is 1.43. The Kier molecular flexibility index (Phi) is 6.96. The van der Waals surface area contributed by atoms with Crippen LogP contribution in [0.15, 0.2) is 0 Å². The average molecular weight is 314 g/mol. The Morgan fingerprint density at radius 2 is 1.58 bits per heavy atom. The van der Waals surface area contributed by atoms with Crippen molar-refractivity contribution in [3.63, 3.8) is 0 Å². The molecule has 1 amide bonds. The lowest BCUT2D eigenvalue weighted by molar-refractivity contribution is -0.277. The molecule has 2 nitrogen and oxygen atoms in total. The maximum Gasteiger partial charge on any atom is 0.409 e. The number of amides is 1. The summed E-state index contributed by atoms with van der Waals surface area (Å²) in [6, 6.07) is 0. The minimum absolute atomic E-state index is 0.176. The molecule has 0 saturated carbocycles. The van der Waals surface area contributed by atoms with E-state index in [-0.39, 0.29) is 19.0 Å². The first-order chi connectivity index (χ1) is 8.55. The average Bonchev–Trinajstić information content (AvgIpc) is 2.19. The van der Waals surface area contributed by atoms with Crippen LogP contribution in [0.1, 0.15) is 19.8 Å². The third-order valence-electron chi connectivity index (χ3n) is 2.35. The van der Waals surface area contributed by atoms with E-state index in [1.807, 2.05) is 0 Å². The van der Waals surface area contributed by atoms with Gasteiger partial charge in [-0.05, 0) is 6.42 Å². The van der Waals surface area contributed by atoms with Crippen LogP contribution in [0.4, 0.5) is 26.3 Å². The maximum atomic E-state index is 12.4. The van der Waals surface area contributed by atoms with Crippen molar-refractivity contribution in [1.29, 1.82) is 0 Å². The highest BCUT2D eigenvalue weighted by molar-refractivity contribution is 6.18. The van der Waals surface area contributed by atoms with Gasteiger partial charge in [-0.2, -0.15) is 26.3 Å². The van der Waals surface area contributed by atoms with Gasteiger partial charge in [0.25, 0.3) is 0 Å². The summed E-state index contributed by atoms with van der Waals surface area (Å²) in [5.41, 5.74) is 0. The quantitative estimate of drug-likeness (QED) is 0.542. The number of nitrogens with zero attached hydrogens (tertiary/aromatic N) is 1. The summed E-state index contributed by atoms with van der Waals surface area (Å²) < 4.78 is 74.3. The number of hydrogen-bond acceptors (Lipinski definition) is 1. The number of rotatable bonds is 6. The van der Waals surface area contributed by atoms with Crippen LogP contribution in [-0.2, 0) is 4.79 Å². The van der Waals surface area contributed by atoms with Gasteiger partial charge in [0.05, 0.1) is 0 Å². The van der Waals surface area contributed by atoms with Gasteiger partial charge >= 0.3 is 12.4 Å². The van der Waals surface area contributed by atoms with E-state index < -0.39 is 24.2 Å². The normalized spacial score (nSPS) is 12.9. The zero-order valence-corrected chi connectivity index (χ0v) is 10.9. The van der Waals surface area contributed by atoms with Crippen molar-refractivity contribution in [2.75, 3.05) is 19.0 Å². The summed E-state index contributed by atoms with van der Waals surface area (Å²) in [6.07, 6.45) is -10.5. The predicted molar refractivity (Wildman–Crippen MR) is 57.8 cm³/mol. The second-order valence-electron chi connectivity index (χ2n) is 3.88. The molecule has 0 N–H and O–H groups in total. The van der Waals surface area contributed by atoms with Crippen molar-refractivity contribution < 1.29 is 31.1 Å². The van der Waals surface area contributed by atoms with Crippen LogP contribution in [0.25, 0.3) is 0 Å². The summed E-state index contributed by atoms with van der Waals surface area (Å²) in [5, 5.41) is 0. The van der Waals surface area contributed by atoms with E-state index in [1.165, 1.54) is 0 Å². The molecule has 0 aromatic heterocycles. The Labute approximate surface area is 111 Å². The molecule has 9 heteroatoms. The van der Waals surface area contributed by atoms with E-state index in [1.54, 1.807) is 6.92 Å². The lowest BCUT2D eigenvalue weighted by atomic mass is 10.1. The Morgan fingerprint density at radius 1 is 1.11 bits per heavy atom. The number of carbonyl (C=O) groups excluding carboxylic acids is 1. The monoisotopic (exact) mass is 313 g/mol. The number of hydrogen-bond donors (Lipinski definition) is 0. The number of carbonyl (C=O) groups is 1. The summed E-state index contributed by atoms with van der Waals surface area (Å²) in [4.78, 5) is 12.0. The molecule has 0 atom stereocenters. The van der Waals surface area contributed by atoms with Gasteiger partial charge in [-0.15, -0.1) is 11.6 Å². The molecule has 0 aliphatic heterocycles. The van der Waals surface area contributed by atoms with Crippen LogP contribution in [-0.4, -0.2) is 42.1 Å². The van der Waals surface area contributed by atoms with E-state index in [4.69, 9.17) is 11.6 Å². The van der Waals surface area contributed by atoms with Gasteiger partial charge in [-0.25, -0.2) is 0 Å². The molecule has 0 heterocycles. The second-order valence-corrected chi connectivity index (χ2v) is 4.26. The molecule has 0 rings (SSSR count). The van der Waals surface area contributed by atoms with Crippen LogP contribution in [0.5, 0.6) is 0 Å². The molecule has 0 saturated heterocycles. The standard InChI is InChI=1S/C10H14ClF6NO/c1-2-3-5-18(6-4-11)8(19)7(9(12,13)14)10(15,16)17/h7H,2-6H2,1H3. The van der Waals surface area contributed by atoms with Crippen molar-refractivity contribution in [2.24, 2.45) is 5.92 Å². The van der Waals surface area contributed by atoms with Crippen LogP contribution < -0.4 is 0 Å². The highest BCUT2D eigenvalue weighted by Gasteiger charge is 2.61. The van der Waals surface area contributed by atoms with Crippen molar-refractivity contribution in [3.8, 4) is 0 Å². The van der Waals surface area contributed by atoms with Crippen LogP contribution >= 0.6 is 11.6 Å². The van der Waals surface area contributed by atoms with Crippen molar-refractivity contribution in [1.82, 2.24) is 4.90 Å². The number of halogens is 7. The van der Waals surface area contributed by atoms with Crippen LogP contribution in [0.3, 0.4) is 0 Å². The van der Waals surface area contributed by atoms with Crippen LogP contribution in [0, 0.1) is 5.92 Å². The molecule has 0 aromatic rings. The molecule has 19 heavy (non-hydrogen) atoms. The van der Waals surface area contributed by atoms with E-state index in [0.717, 1.165) is 0 Å². The van der Waals surface area contributed by atoms with Crippen molar-refractivity contribution >= 4 is 17.5 Å². The Hall–Kier alpha value is -0.660. The topological polar surface area (TPSA) is 20.3 Å². The zero-order valence-electron chi connectivity index (χ0n) is 10.1. The Balaban J connectivity index is 5.14. The lowest BCUT2D eigenvalue weighted by Crippen LogP contribution is -2.50. The van der Waals surface area contributed by atoms with Gasteiger partial charge in [0.15, 0.2) is 0 Å².